The zero-order chi connectivity index (χ0) is 8.81. The molecule has 0 amide bonds. The Bertz CT molecular complexity index is 222. The van der Waals surface area contributed by atoms with Crippen LogP contribution in [0.2, 0.25) is 0 Å². The minimum Gasteiger partial charge on any atom is -0.353 e. The summed E-state index contributed by atoms with van der Waals surface area (Å²) >= 11 is 4.07. The Hall–Kier alpha value is -0.770. The van der Waals surface area contributed by atoms with Crippen LogP contribution in [0.15, 0.2) is 12.4 Å². The second-order valence-corrected chi connectivity index (χ2v) is 2.87. The van der Waals surface area contributed by atoms with Crippen molar-refractivity contribution in [2.24, 2.45) is 0 Å². The molecule has 12 heavy (non-hydrogen) atoms. The van der Waals surface area contributed by atoms with Crippen LogP contribution in [0.3, 0.4) is 0 Å². The van der Waals surface area contributed by atoms with Crippen LogP contribution in [0.4, 0.5) is 5.95 Å². The molecule has 3 nitrogen and oxygen atoms in total. The number of hydrogen-bond acceptors (Lipinski definition) is 4. The van der Waals surface area contributed by atoms with E-state index in [0.717, 1.165) is 24.3 Å². The molecule has 4 heteroatoms. The van der Waals surface area contributed by atoms with Crippen molar-refractivity contribution in [2.75, 3.05) is 17.6 Å². The molecular formula is C8H13N3S. The van der Waals surface area contributed by atoms with Gasteiger partial charge >= 0.3 is 0 Å². The van der Waals surface area contributed by atoms with Gasteiger partial charge in [0, 0.05) is 24.7 Å². The summed E-state index contributed by atoms with van der Waals surface area (Å²) in [5.41, 5.74) is 1.16. The van der Waals surface area contributed by atoms with Crippen LogP contribution in [0, 0.1) is 0 Å². The van der Waals surface area contributed by atoms with Crippen molar-refractivity contribution in [1.29, 1.82) is 0 Å². The lowest BCUT2D eigenvalue weighted by atomic mass is 10.3. The number of aryl methyl sites for hydroxylation is 1. The molecule has 0 aliphatic heterocycles. The monoisotopic (exact) mass is 183 g/mol. The third kappa shape index (κ3) is 2.70. The Labute approximate surface area is 78.0 Å². The summed E-state index contributed by atoms with van der Waals surface area (Å²) in [6.45, 7) is 2.88. The molecule has 0 aliphatic rings. The highest BCUT2D eigenvalue weighted by molar-refractivity contribution is 7.80. The highest BCUT2D eigenvalue weighted by atomic mass is 32.1. The van der Waals surface area contributed by atoms with Crippen molar-refractivity contribution in [2.45, 2.75) is 13.3 Å². The molecule has 1 aromatic heterocycles. The first kappa shape index (κ1) is 9.32. The van der Waals surface area contributed by atoms with E-state index in [-0.39, 0.29) is 0 Å². The number of rotatable bonds is 4. The lowest BCUT2D eigenvalue weighted by Crippen LogP contribution is -2.06. The largest absolute Gasteiger partial charge is 0.353 e. The molecule has 0 saturated heterocycles. The van der Waals surface area contributed by atoms with Gasteiger partial charge in [0.05, 0.1) is 0 Å². The molecule has 0 aromatic carbocycles. The molecule has 1 heterocycles. The average Bonchev–Trinajstić information content (AvgIpc) is 2.15. The van der Waals surface area contributed by atoms with E-state index in [0.29, 0.717) is 5.95 Å². The van der Waals surface area contributed by atoms with Crippen LogP contribution in [0.1, 0.15) is 12.5 Å². The molecule has 66 valence electrons. The van der Waals surface area contributed by atoms with Gasteiger partial charge in [0.1, 0.15) is 0 Å². The summed E-state index contributed by atoms with van der Waals surface area (Å²) in [6, 6.07) is 0. The predicted molar refractivity (Wildman–Crippen MR) is 53.8 cm³/mol. The average molecular weight is 183 g/mol. The minimum atomic E-state index is 0.682. The van der Waals surface area contributed by atoms with Gasteiger partial charge in [0.25, 0.3) is 0 Å². The van der Waals surface area contributed by atoms with Gasteiger partial charge < -0.3 is 5.32 Å². The standard InChI is InChI=1S/C8H13N3S/c1-2-7-5-10-8(11-6-7)9-3-4-12/h5-6,12H,2-4H2,1H3,(H,9,10,11). The fraction of sp³-hybridized carbons (Fsp3) is 0.500. The van der Waals surface area contributed by atoms with E-state index in [1.165, 1.54) is 0 Å². The summed E-state index contributed by atoms with van der Waals surface area (Å²) < 4.78 is 0. The van der Waals surface area contributed by atoms with Gasteiger partial charge in [0.2, 0.25) is 5.95 Å². The number of thiol groups is 1. The van der Waals surface area contributed by atoms with E-state index in [1.54, 1.807) is 0 Å². The summed E-state index contributed by atoms with van der Waals surface area (Å²) in [7, 11) is 0. The second kappa shape index (κ2) is 4.98. The molecule has 0 atom stereocenters. The first-order valence-electron chi connectivity index (χ1n) is 4.02. The van der Waals surface area contributed by atoms with E-state index >= 15 is 0 Å². The Kier molecular flexibility index (Phi) is 3.87. The number of nitrogens with one attached hydrogen (secondary N) is 1. The van der Waals surface area contributed by atoms with Crippen LogP contribution < -0.4 is 5.32 Å². The molecule has 0 spiro atoms. The number of nitrogens with zero attached hydrogens (tertiary/aromatic N) is 2. The van der Waals surface area contributed by atoms with Gasteiger partial charge in [-0.25, -0.2) is 9.97 Å². The number of aromatic nitrogens is 2. The smallest absolute Gasteiger partial charge is 0.222 e. The van der Waals surface area contributed by atoms with E-state index in [1.807, 2.05) is 12.4 Å². The summed E-state index contributed by atoms with van der Waals surface area (Å²) in [5, 5.41) is 3.05. The minimum absolute atomic E-state index is 0.682. The maximum absolute atomic E-state index is 4.13. The molecule has 0 aliphatic carbocycles. The summed E-state index contributed by atoms with van der Waals surface area (Å²) in [6.07, 6.45) is 4.66. The summed E-state index contributed by atoms with van der Waals surface area (Å²) in [4.78, 5) is 8.26. The van der Waals surface area contributed by atoms with Crippen molar-refractivity contribution in [3.63, 3.8) is 0 Å². The third-order valence-corrected chi connectivity index (χ3v) is 1.73. The molecular weight excluding hydrogens is 170 g/mol. The molecule has 0 saturated carbocycles. The number of anilines is 1. The molecule has 1 rings (SSSR count). The quantitative estimate of drug-likeness (QED) is 0.693. The zero-order valence-electron chi connectivity index (χ0n) is 7.12. The first-order chi connectivity index (χ1) is 5.86. The van der Waals surface area contributed by atoms with Crippen molar-refractivity contribution in [1.82, 2.24) is 9.97 Å². The van der Waals surface area contributed by atoms with E-state index in [9.17, 15) is 0 Å². The van der Waals surface area contributed by atoms with Crippen LogP contribution >= 0.6 is 12.6 Å². The van der Waals surface area contributed by atoms with Crippen LogP contribution in [0.25, 0.3) is 0 Å². The highest BCUT2D eigenvalue weighted by Gasteiger charge is 1.93. The third-order valence-electron chi connectivity index (χ3n) is 1.51. The topological polar surface area (TPSA) is 37.8 Å². The van der Waals surface area contributed by atoms with Gasteiger partial charge in [-0.1, -0.05) is 6.92 Å². The van der Waals surface area contributed by atoms with Gasteiger partial charge in [-0.05, 0) is 12.0 Å². The Morgan fingerprint density at radius 2 is 2.08 bits per heavy atom. The SMILES string of the molecule is CCc1cnc(NCCS)nc1. The fourth-order valence-electron chi connectivity index (χ4n) is 0.796. The lowest BCUT2D eigenvalue weighted by molar-refractivity contribution is 1.03. The molecule has 1 N–H and O–H groups in total. The molecule has 0 unspecified atom stereocenters. The van der Waals surface area contributed by atoms with Gasteiger partial charge in [-0.15, -0.1) is 0 Å². The van der Waals surface area contributed by atoms with E-state index < -0.39 is 0 Å². The van der Waals surface area contributed by atoms with Crippen molar-refractivity contribution in [3.8, 4) is 0 Å². The van der Waals surface area contributed by atoms with Crippen molar-refractivity contribution < 1.29 is 0 Å². The van der Waals surface area contributed by atoms with Crippen LogP contribution in [0.5, 0.6) is 0 Å². The maximum Gasteiger partial charge on any atom is 0.222 e. The van der Waals surface area contributed by atoms with Crippen LogP contribution in [-0.4, -0.2) is 22.3 Å². The Balaban J connectivity index is 2.53. The molecule has 0 bridgehead atoms. The highest BCUT2D eigenvalue weighted by Crippen LogP contribution is 1.99. The fourth-order valence-corrected chi connectivity index (χ4v) is 0.908. The number of hydrogen-bond donors (Lipinski definition) is 2. The van der Waals surface area contributed by atoms with Gasteiger partial charge in [-0.3, -0.25) is 0 Å². The molecule has 0 radical (unpaired) electrons. The normalized spacial score (nSPS) is 9.83. The Morgan fingerprint density at radius 3 is 2.58 bits per heavy atom. The molecule has 0 fully saturated rings. The second-order valence-electron chi connectivity index (χ2n) is 2.42. The van der Waals surface area contributed by atoms with Crippen LogP contribution in [-0.2, 0) is 6.42 Å². The molecule has 1 aromatic rings. The Morgan fingerprint density at radius 1 is 1.42 bits per heavy atom. The lowest BCUT2D eigenvalue weighted by Gasteiger charge is -2.01. The van der Waals surface area contributed by atoms with Gasteiger partial charge in [0.15, 0.2) is 0 Å². The van der Waals surface area contributed by atoms with Crippen molar-refractivity contribution >= 4 is 18.6 Å². The first-order valence-corrected chi connectivity index (χ1v) is 4.65. The predicted octanol–water partition coefficient (Wildman–Crippen LogP) is 1.38. The maximum atomic E-state index is 4.13. The van der Waals surface area contributed by atoms with E-state index in [2.05, 4.69) is 34.8 Å². The van der Waals surface area contributed by atoms with Crippen molar-refractivity contribution in [3.05, 3.63) is 18.0 Å². The van der Waals surface area contributed by atoms with Gasteiger partial charge in [-0.2, -0.15) is 12.6 Å². The van der Waals surface area contributed by atoms with E-state index in [4.69, 9.17) is 0 Å². The summed E-state index contributed by atoms with van der Waals surface area (Å²) in [5.74, 6) is 1.47. The zero-order valence-corrected chi connectivity index (χ0v) is 8.01.